The highest BCUT2D eigenvalue weighted by atomic mass is 16.5. The number of aryl methyl sites for hydroxylation is 1. The van der Waals surface area contributed by atoms with Gasteiger partial charge in [0.25, 0.3) is 5.56 Å². The summed E-state index contributed by atoms with van der Waals surface area (Å²) < 4.78 is 10.8. The number of benzene rings is 1. The van der Waals surface area contributed by atoms with E-state index in [1.165, 1.54) is 0 Å². The molecular formula is C22H25N5O4. The van der Waals surface area contributed by atoms with Gasteiger partial charge in [-0.25, -0.2) is 0 Å². The zero-order valence-electron chi connectivity index (χ0n) is 17.3. The fraction of sp³-hybridized carbons (Fsp3) is 0.318. The number of carbonyl (C=O) groups excluding carboxylic acids is 1. The Labute approximate surface area is 179 Å². The van der Waals surface area contributed by atoms with Gasteiger partial charge in [0.05, 0.1) is 18.8 Å². The first-order chi connectivity index (χ1) is 15.2. The van der Waals surface area contributed by atoms with Crippen molar-refractivity contribution in [2.45, 2.75) is 26.3 Å². The van der Waals surface area contributed by atoms with Gasteiger partial charge in [0.2, 0.25) is 5.91 Å². The number of rotatable bonds is 11. The highest BCUT2D eigenvalue weighted by molar-refractivity contribution is 5.76. The Morgan fingerprint density at radius 1 is 1.10 bits per heavy atom. The Hall–Kier alpha value is -3.59. The summed E-state index contributed by atoms with van der Waals surface area (Å²) in [4.78, 5) is 31.2. The van der Waals surface area contributed by atoms with Gasteiger partial charge in [-0.1, -0.05) is 6.07 Å². The number of hydrogen-bond acceptors (Lipinski definition) is 7. The van der Waals surface area contributed by atoms with E-state index in [4.69, 9.17) is 9.47 Å². The van der Waals surface area contributed by atoms with E-state index in [1.807, 2.05) is 25.1 Å². The van der Waals surface area contributed by atoms with Crippen LogP contribution in [-0.2, 0) is 22.5 Å². The Morgan fingerprint density at radius 3 is 2.65 bits per heavy atom. The van der Waals surface area contributed by atoms with Gasteiger partial charge in [0.15, 0.2) is 5.82 Å². The summed E-state index contributed by atoms with van der Waals surface area (Å²) in [7, 11) is 0. The lowest BCUT2D eigenvalue weighted by atomic mass is 10.2. The Bertz CT molecular complexity index is 1020. The molecule has 9 nitrogen and oxygen atoms in total. The maximum absolute atomic E-state index is 12.3. The normalized spacial score (nSPS) is 10.6. The number of nitrogens with one attached hydrogen (secondary N) is 2. The summed E-state index contributed by atoms with van der Waals surface area (Å²) in [5.74, 6) is 0.872. The minimum atomic E-state index is -0.362. The van der Waals surface area contributed by atoms with Gasteiger partial charge in [-0.3, -0.25) is 14.6 Å². The van der Waals surface area contributed by atoms with Gasteiger partial charge in [-0.05, 0) is 43.3 Å². The molecule has 9 heteroatoms. The molecule has 0 saturated heterocycles. The molecular weight excluding hydrogens is 398 g/mol. The minimum absolute atomic E-state index is 0.137. The lowest BCUT2D eigenvalue weighted by molar-refractivity contribution is -0.121. The first kappa shape index (κ1) is 22.1. The Kier molecular flexibility index (Phi) is 8.24. The molecule has 2 heterocycles. The lowest BCUT2D eigenvalue weighted by Crippen LogP contribution is -2.25. The van der Waals surface area contributed by atoms with Crippen LogP contribution in [0.4, 0.5) is 0 Å². The van der Waals surface area contributed by atoms with E-state index in [1.54, 1.807) is 30.5 Å². The fourth-order valence-corrected chi connectivity index (χ4v) is 2.74. The number of hydrogen-bond donors (Lipinski definition) is 2. The van der Waals surface area contributed by atoms with Crippen molar-refractivity contribution in [1.29, 1.82) is 0 Å². The van der Waals surface area contributed by atoms with E-state index in [9.17, 15) is 9.59 Å². The van der Waals surface area contributed by atoms with Crippen molar-refractivity contribution in [3.8, 4) is 17.1 Å². The molecule has 0 saturated carbocycles. The quantitative estimate of drug-likeness (QED) is 0.452. The molecule has 0 bridgehead atoms. The SMILES string of the molecule is CCOCCOc1ccc(-c2nnc(CCC(=O)NCc3ccccn3)c(=O)[nH]2)cc1. The summed E-state index contributed by atoms with van der Waals surface area (Å²) in [6, 6.07) is 12.7. The third kappa shape index (κ3) is 7.00. The Morgan fingerprint density at radius 2 is 1.94 bits per heavy atom. The summed E-state index contributed by atoms with van der Waals surface area (Å²) in [6.07, 6.45) is 2.00. The molecule has 0 spiro atoms. The van der Waals surface area contributed by atoms with Gasteiger partial charge in [0, 0.05) is 31.2 Å². The van der Waals surface area contributed by atoms with Crippen molar-refractivity contribution in [2.75, 3.05) is 19.8 Å². The number of aromatic amines is 1. The maximum atomic E-state index is 12.3. The van der Waals surface area contributed by atoms with Crippen molar-refractivity contribution >= 4 is 5.91 Å². The maximum Gasteiger partial charge on any atom is 0.273 e. The van der Waals surface area contributed by atoms with Crippen LogP contribution in [0.15, 0.2) is 53.5 Å². The second-order valence-corrected chi connectivity index (χ2v) is 6.62. The van der Waals surface area contributed by atoms with E-state index in [0.717, 1.165) is 5.69 Å². The first-order valence-corrected chi connectivity index (χ1v) is 10.1. The van der Waals surface area contributed by atoms with Crippen LogP contribution in [0.2, 0.25) is 0 Å². The highest BCUT2D eigenvalue weighted by Gasteiger charge is 2.10. The number of pyridine rings is 1. The molecule has 31 heavy (non-hydrogen) atoms. The number of H-pyrrole nitrogens is 1. The lowest BCUT2D eigenvalue weighted by Gasteiger charge is -2.07. The first-order valence-electron chi connectivity index (χ1n) is 10.1. The van der Waals surface area contributed by atoms with Crippen molar-refractivity contribution in [3.63, 3.8) is 0 Å². The van der Waals surface area contributed by atoms with Crippen molar-refractivity contribution in [3.05, 3.63) is 70.4 Å². The average Bonchev–Trinajstić information content (AvgIpc) is 2.81. The van der Waals surface area contributed by atoms with E-state index < -0.39 is 0 Å². The van der Waals surface area contributed by atoms with E-state index in [0.29, 0.717) is 43.5 Å². The van der Waals surface area contributed by atoms with E-state index >= 15 is 0 Å². The molecule has 3 rings (SSSR count). The third-order valence-electron chi connectivity index (χ3n) is 4.37. The topological polar surface area (TPSA) is 119 Å². The van der Waals surface area contributed by atoms with Crippen LogP contribution in [0.3, 0.4) is 0 Å². The summed E-state index contributed by atoms with van der Waals surface area (Å²) in [5.41, 5.74) is 1.33. The second kappa shape index (κ2) is 11.6. The van der Waals surface area contributed by atoms with Gasteiger partial charge in [-0.15, -0.1) is 10.2 Å². The Balaban J connectivity index is 1.51. The molecule has 162 valence electrons. The highest BCUT2D eigenvalue weighted by Crippen LogP contribution is 2.18. The monoisotopic (exact) mass is 423 g/mol. The predicted molar refractivity (Wildman–Crippen MR) is 114 cm³/mol. The van der Waals surface area contributed by atoms with Crippen LogP contribution in [0.1, 0.15) is 24.7 Å². The van der Waals surface area contributed by atoms with Crippen LogP contribution >= 0.6 is 0 Å². The molecule has 0 radical (unpaired) electrons. The molecule has 0 atom stereocenters. The standard InChI is InChI=1S/C22H25N5O4/c1-2-30-13-14-31-18-8-6-16(7-9-18)21-25-22(29)19(26-27-21)10-11-20(28)24-15-17-5-3-4-12-23-17/h3-9,12H,2,10-11,13-15H2,1H3,(H,24,28)(H,25,27,29). The molecule has 0 aliphatic carbocycles. The molecule has 0 aliphatic rings. The van der Waals surface area contributed by atoms with Gasteiger partial charge >= 0.3 is 0 Å². The van der Waals surface area contributed by atoms with E-state index in [-0.39, 0.29) is 30.0 Å². The second-order valence-electron chi connectivity index (χ2n) is 6.62. The molecule has 1 amide bonds. The molecule has 2 N–H and O–H groups in total. The molecule has 0 unspecified atom stereocenters. The predicted octanol–water partition coefficient (Wildman–Crippen LogP) is 1.89. The minimum Gasteiger partial charge on any atom is -0.491 e. The van der Waals surface area contributed by atoms with Crippen molar-refractivity contribution in [2.24, 2.45) is 0 Å². The summed E-state index contributed by atoms with van der Waals surface area (Å²) in [5, 5.41) is 10.9. The van der Waals surface area contributed by atoms with E-state index in [2.05, 4.69) is 25.5 Å². The molecule has 3 aromatic rings. The third-order valence-corrected chi connectivity index (χ3v) is 4.37. The van der Waals surface area contributed by atoms with Crippen LogP contribution < -0.4 is 15.6 Å². The van der Waals surface area contributed by atoms with Crippen LogP contribution in [0.5, 0.6) is 5.75 Å². The molecule has 2 aromatic heterocycles. The largest absolute Gasteiger partial charge is 0.491 e. The molecule has 0 aliphatic heterocycles. The smallest absolute Gasteiger partial charge is 0.273 e. The molecule has 1 aromatic carbocycles. The molecule has 0 fully saturated rings. The number of aromatic nitrogens is 4. The average molecular weight is 423 g/mol. The summed E-state index contributed by atoms with van der Waals surface area (Å²) in [6.45, 7) is 3.92. The number of ether oxygens (including phenoxy) is 2. The zero-order valence-corrected chi connectivity index (χ0v) is 17.3. The van der Waals surface area contributed by atoms with Crippen molar-refractivity contribution < 1.29 is 14.3 Å². The van der Waals surface area contributed by atoms with Crippen molar-refractivity contribution in [1.82, 2.24) is 25.5 Å². The number of carbonyl (C=O) groups is 1. The van der Waals surface area contributed by atoms with Gasteiger partial charge < -0.3 is 19.8 Å². The summed E-state index contributed by atoms with van der Waals surface area (Å²) >= 11 is 0. The zero-order chi connectivity index (χ0) is 21.9. The number of amides is 1. The van der Waals surface area contributed by atoms with Crippen LogP contribution in [-0.4, -0.2) is 45.9 Å². The van der Waals surface area contributed by atoms with Gasteiger partial charge in [-0.2, -0.15) is 0 Å². The fourth-order valence-electron chi connectivity index (χ4n) is 2.74. The van der Waals surface area contributed by atoms with Gasteiger partial charge in [0.1, 0.15) is 18.1 Å². The van der Waals surface area contributed by atoms with Crippen LogP contribution in [0.25, 0.3) is 11.4 Å². The van der Waals surface area contributed by atoms with Crippen LogP contribution in [0, 0.1) is 0 Å². The number of nitrogens with zero attached hydrogens (tertiary/aromatic N) is 3.